The van der Waals surface area contributed by atoms with Gasteiger partial charge in [-0.25, -0.2) is 0 Å². The van der Waals surface area contributed by atoms with Crippen LogP contribution in [0.25, 0.3) is 0 Å². The van der Waals surface area contributed by atoms with Gasteiger partial charge in [-0.15, -0.1) is 0 Å². The number of rotatable bonds is 14. The predicted octanol–water partition coefficient (Wildman–Crippen LogP) is 5.21. The summed E-state index contributed by atoms with van der Waals surface area (Å²) >= 11 is 0. The van der Waals surface area contributed by atoms with Crippen LogP contribution in [0.1, 0.15) is 112 Å². The molecule has 7 atom stereocenters. The second-order valence-electron chi connectivity index (χ2n) is 14.5. The van der Waals surface area contributed by atoms with E-state index in [1.807, 2.05) is 6.08 Å². The van der Waals surface area contributed by atoms with Crippen LogP contribution in [0.15, 0.2) is 11.6 Å². The highest BCUT2D eigenvalue weighted by molar-refractivity contribution is 5.91. The van der Waals surface area contributed by atoms with Crippen LogP contribution < -0.4 is 0 Å². The molecule has 0 amide bonds. The lowest BCUT2D eigenvalue weighted by molar-refractivity contribution is -0.169. The van der Waals surface area contributed by atoms with Crippen molar-refractivity contribution >= 4 is 35.6 Å². The van der Waals surface area contributed by atoms with E-state index in [1.54, 1.807) is 0 Å². The fourth-order valence-electron chi connectivity index (χ4n) is 8.69. The summed E-state index contributed by atoms with van der Waals surface area (Å²) in [4.78, 5) is 71.9. The van der Waals surface area contributed by atoms with Gasteiger partial charge in [0, 0.05) is 32.1 Å². The SMILES string of the molecule is CC(=O)OCC(COC(C)=O)OC(=O)C(C)CC(=O)OCCCCC(=O)O[C@H]1CC[C@H]2[C@@H]3CCC4=CC(=O)CC[C@]4(C)[C@H]3CC[C@]12C. The largest absolute Gasteiger partial charge is 0.466 e. The molecule has 11 heteroatoms. The van der Waals surface area contributed by atoms with Gasteiger partial charge in [-0.1, -0.05) is 26.3 Å². The summed E-state index contributed by atoms with van der Waals surface area (Å²) in [5, 5.41) is 0. The first-order chi connectivity index (χ1) is 22.2. The average Bonchev–Trinajstić information content (AvgIpc) is 3.34. The molecule has 4 aliphatic carbocycles. The van der Waals surface area contributed by atoms with Crippen molar-refractivity contribution in [1.29, 1.82) is 0 Å². The maximum Gasteiger partial charge on any atom is 0.309 e. The van der Waals surface area contributed by atoms with E-state index in [1.165, 1.54) is 26.3 Å². The normalized spacial score (nSPS) is 30.2. The molecule has 0 heterocycles. The Kier molecular flexibility index (Phi) is 12.3. The van der Waals surface area contributed by atoms with E-state index in [0.717, 1.165) is 44.9 Å². The number of hydrogen-bond acceptors (Lipinski definition) is 11. The number of fused-ring (bicyclic) bond motifs is 5. The number of ether oxygens (including phenoxy) is 5. The lowest BCUT2D eigenvalue weighted by Gasteiger charge is -2.57. The topological polar surface area (TPSA) is 149 Å². The van der Waals surface area contributed by atoms with Crippen LogP contribution in [0.2, 0.25) is 0 Å². The molecule has 0 aromatic carbocycles. The van der Waals surface area contributed by atoms with Crippen molar-refractivity contribution in [2.24, 2.45) is 34.5 Å². The summed E-state index contributed by atoms with van der Waals surface area (Å²) in [6, 6.07) is 0. The first-order valence-electron chi connectivity index (χ1n) is 17.3. The summed E-state index contributed by atoms with van der Waals surface area (Å²) in [5.74, 6) is -1.48. The van der Waals surface area contributed by atoms with Crippen molar-refractivity contribution in [1.82, 2.24) is 0 Å². The monoisotopic (exact) mass is 660 g/mol. The highest BCUT2D eigenvalue weighted by atomic mass is 16.6. The molecule has 47 heavy (non-hydrogen) atoms. The minimum absolute atomic E-state index is 0.0207. The molecule has 4 aliphatic rings. The minimum Gasteiger partial charge on any atom is -0.466 e. The Balaban J connectivity index is 1.14. The van der Waals surface area contributed by atoms with Gasteiger partial charge in [0.25, 0.3) is 0 Å². The van der Waals surface area contributed by atoms with Crippen molar-refractivity contribution in [2.75, 3.05) is 19.8 Å². The van der Waals surface area contributed by atoms with E-state index in [0.29, 0.717) is 37.0 Å². The summed E-state index contributed by atoms with van der Waals surface area (Å²) < 4.78 is 26.3. The number of carbonyl (C=O) groups is 6. The smallest absolute Gasteiger partial charge is 0.309 e. The van der Waals surface area contributed by atoms with Gasteiger partial charge in [-0.05, 0) is 87.0 Å². The van der Waals surface area contributed by atoms with Crippen LogP contribution in [-0.2, 0) is 52.5 Å². The maximum absolute atomic E-state index is 12.9. The third-order valence-electron chi connectivity index (χ3n) is 11.3. The first-order valence-corrected chi connectivity index (χ1v) is 17.3. The molecule has 11 nitrogen and oxygen atoms in total. The number of allylic oxidation sites excluding steroid dienone is 1. The van der Waals surface area contributed by atoms with Crippen molar-refractivity contribution in [3.05, 3.63) is 11.6 Å². The van der Waals surface area contributed by atoms with Crippen LogP contribution in [0.3, 0.4) is 0 Å². The molecule has 0 aromatic rings. The molecule has 0 spiro atoms. The average molecular weight is 661 g/mol. The second kappa shape index (κ2) is 15.8. The Morgan fingerprint density at radius 1 is 0.851 bits per heavy atom. The quantitative estimate of drug-likeness (QED) is 0.137. The zero-order valence-corrected chi connectivity index (χ0v) is 28.6. The molecule has 3 saturated carbocycles. The molecule has 262 valence electrons. The molecule has 4 rings (SSSR count). The summed E-state index contributed by atoms with van der Waals surface area (Å²) in [6.45, 7) is 8.16. The Morgan fingerprint density at radius 3 is 2.23 bits per heavy atom. The molecular weight excluding hydrogens is 608 g/mol. The Labute approximate surface area is 277 Å². The highest BCUT2D eigenvalue weighted by Gasteiger charge is 2.60. The number of carbonyl (C=O) groups excluding carboxylic acids is 6. The van der Waals surface area contributed by atoms with Gasteiger partial charge in [-0.3, -0.25) is 28.8 Å². The molecule has 0 aromatic heterocycles. The Morgan fingerprint density at radius 2 is 1.55 bits per heavy atom. The van der Waals surface area contributed by atoms with Gasteiger partial charge in [0.2, 0.25) is 0 Å². The van der Waals surface area contributed by atoms with Crippen molar-refractivity contribution in [3.8, 4) is 0 Å². The molecule has 0 bridgehead atoms. The maximum atomic E-state index is 12.9. The molecule has 0 N–H and O–H groups in total. The third kappa shape index (κ3) is 9.02. The van der Waals surface area contributed by atoms with Crippen molar-refractivity contribution in [3.63, 3.8) is 0 Å². The van der Waals surface area contributed by atoms with Crippen LogP contribution in [0, 0.1) is 34.5 Å². The van der Waals surface area contributed by atoms with Gasteiger partial charge in [0.05, 0.1) is 18.9 Å². The summed E-state index contributed by atoms with van der Waals surface area (Å²) in [6.07, 6.45) is 9.73. The fraction of sp³-hybridized carbons (Fsp3) is 0.778. The van der Waals surface area contributed by atoms with Crippen LogP contribution in [0.5, 0.6) is 0 Å². The molecule has 0 saturated heterocycles. The summed E-state index contributed by atoms with van der Waals surface area (Å²) in [5.41, 5.74) is 1.47. The molecule has 0 aliphatic heterocycles. The van der Waals surface area contributed by atoms with Crippen LogP contribution in [-0.4, -0.2) is 67.7 Å². The number of hydrogen-bond donors (Lipinski definition) is 0. The predicted molar refractivity (Wildman–Crippen MR) is 168 cm³/mol. The van der Waals surface area contributed by atoms with E-state index >= 15 is 0 Å². The Bertz CT molecular complexity index is 1220. The standard InChI is InChI=1S/C36H52O11/c1-22(34(42)46-27(20-44-23(2)37)21-45-24(3)38)18-33(41)43-17-7-6-8-32(40)47-31-12-11-29-28-10-9-25-19-26(39)13-15-35(25,4)30(28)14-16-36(29,31)5/h19,22,27-31H,6-18,20-21H2,1-5H3/t22?,28-,29-,30-,31-,35-,36-/m0/s1. The lowest BCUT2D eigenvalue weighted by Crippen LogP contribution is -2.51. The summed E-state index contributed by atoms with van der Waals surface area (Å²) in [7, 11) is 0. The highest BCUT2D eigenvalue weighted by Crippen LogP contribution is 2.65. The lowest BCUT2D eigenvalue weighted by atomic mass is 9.47. The van der Waals surface area contributed by atoms with Gasteiger partial charge in [-0.2, -0.15) is 0 Å². The fourth-order valence-corrected chi connectivity index (χ4v) is 8.69. The number of esters is 5. The second-order valence-corrected chi connectivity index (χ2v) is 14.5. The number of ketones is 1. The van der Waals surface area contributed by atoms with E-state index in [9.17, 15) is 28.8 Å². The van der Waals surface area contributed by atoms with E-state index < -0.39 is 35.9 Å². The van der Waals surface area contributed by atoms with Crippen LogP contribution >= 0.6 is 0 Å². The van der Waals surface area contributed by atoms with E-state index in [-0.39, 0.29) is 61.3 Å². The molecular formula is C36H52O11. The van der Waals surface area contributed by atoms with E-state index in [2.05, 4.69) is 13.8 Å². The van der Waals surface area contributed by atoms with E-state index in [4.69, 9.17) is 23.7 Å². The first kappa shape index (κ1) is 36.6. The molecule has 3 fully saturated rings. The van der Waals surface area contributed by atoms with Gasteiger partial charge >= 0.3 is 29.8 Å². The third-order valence-corrected chi connectivity index (χ3v) is 11.3. The van der Waals surface area contributed by atoms with Gasteiger partial charge in [0.15, 0.2) is 11.9 Å². The zero-order chi connectivity index (χ0) is 34.4. The van der Waals surface area contributed by atoms with Gasteiger partial charge in [0.1, 0.15) is 19.3 Å². The van der Waals surface area contributed by atoms with Crippen molar-refractivity contribution in [2.45, 2.75) is 124 Å². The minimum atomic E-state index is -0.993. The molecule has 0 radical (unpaired) electrons. The molecule has 1 unspecified atom stereocenters. The zero-order valence-electron chi connectivity index (χ0n) is 28.6. The van der Waals surface area contributed by atoms with Gasteiger partial charge < -0.3 is 23.7 Å². The number of unbranched alkanes of at least 4 members (excludes halogenated alkanes) is 1. The van der Waals surface area contributed by atoms with Crippen LogP contribution in [0.4, 0.5) is 0 Å². The van der Waals surface area contributed by atoms with Crippen molar-refractivity contribution < 1.29 is 52.5 Å². The Hall–Kier alpha value is -3.24.